The molecule has 3 aromatic heterocycles. The third-order valence-electron chi connectivity index (χ3n) is 3.59. The fourth-order valence-corrected chi connectivity index (χ4v) is 2.53. The summed E-state index contributed by atoms with van der Waals surface area (Å²) >= 11 is 0. The summed E-state index contributed by atoms with van der Waals surface area (Å²) < 4.78 is 6.99. The minimum absolute atomic E-state index is 0.528. The molecular formula is C17H12N4O2. The molecule has 6 heteroatoms. The molecule has 3 heterocycles. The van der Waals surface area contributed by atoms with Gasteiger partial charge in [-0.25, -0.2) is 4.98 Å². The number of aryl methyl sites for hydroxylation is 1. The summed E-state index contributed by atoms with van der Waals surface area (Å²) in [7, 11) is 0. The lowest BCUT2D eigenvalue weighted by Gasteiger charge is -2.06. The maximum atomic E-state index is 10.9. The second-order valence-corrected chi connectivity index (χ2v) is 5.17. The van der Waals surface area contributed by atoms with Crippen LogP contribution in [-0.2, 0) is 0 Å². The highest BCUT2D eigenvalue weighted by Crippen LogP contribution is 2.23. The van der Waals surface area contributed by atoms with Crippen LogP contribution in [0.4, 0.5) is 0 Å². The Morgan fingerprint density at radius 3 is 2.91 bits per heavy atom. The van der Waals surface area contributed by atoms with E-state index >= 15 is 0 Å². The van der Waals surface area contributed by atoms with Crippen LogP contribution in [0.5, 0.6) is 0 Å². The second kappa shape index (κ2) is 5.17. The van der Waals surface area contributed by atoms with E-state index in [0.717, 1.165) is 28.6 Å². The zero-order valence-corrected chi connectivity index (χ0v) is 12.3. The minimum Gasteiger partial charge on any atom is -0.339 e. The first-order valence-electron chi connectivity index (χ1n) is 7.08. The first kappa shape index (κ1) is 13.4. The van der Waals surface area contributed by atoms with Crippen LogP contribution in [-0.4, -0.2) is 26.0 Å². The number of aromatic nitrogens is 4. The maximum Gasteiger partial charge on any atom is 0.223 e. The molecule has 0 aliphatic heterocycles. The molecule has 0 fully saturated rings. The number of rotatable bonds is 3. The summed E-state index contributed by atoms with van der Waals surface area (Å²) in [6.45, 7) is 1.76. The molecule has 0 bridgehead atoms. The Bertz CT molecular complexity index is 1020. The second-order valence-electron chi connectivity index (χ2n) is 5.17. The molecule has 6 nitrogen and oxygen atoms in total. The Kier molecular flexibility index (Phi) is 3.01. The summed E-state index contributed by atoms with van der Waals surface area (Å²) in [5.74, 6) is 1.08. The van der Waals surface area contributed by atoms with Gasteiger partial charge >= 0.3 is 0 Å². The van der Waals surface area contributed by atoms with Crippen molar-refractivity contribution < 1.29 is 9.32 Å². The average Bonchev–Trinajstić information content (AvgIpc) is 3.20. The van der Waals surface area contributed by atoms with Crippen LogP contribution in [0.1, 0.15) is 16.2 Å². The standard InChI is InChI=1S/C17H12N4O2/c1-11-19-16(20-23-11)13-3-2-4-15(8-13)21-6-5-14-7-12(10-22)9-18-17(14)21/h2-10H,1H3. The van der Waals surface area contributed by atoms with Crippen LogP contribution in [0.25, 0.3) is 28.1 Å². The summed E-state index contributed by atoms with van der Waals surface area (Å²) in [6.07, 6.45) is 4.29. The Morgan fingerprint density at radius 1 is 1.22 bits per heavy atom. The van der Waals surface area contributed by atoms with Crippen molar-refractivity contribution in [3.63, 3.8) is 0 Å². The van der Waals surface area contributed by atoms with Crippen LogP contribution in [0, 0.1) is 6.92 Å². The number of nitrogens with zero attached hydrogens (tertiary/aromatic N) is 4. The van der Waals surface area contributed by atoms with Crippen LogP contribution in [0.2, 0.25) is 0 Å². The van der Waals surface area contributed by atoms with Crippen molar-refractivity contribution in [2.75, 3.05) is 0 Å². The highest BCUT2D eigenvalue weighted by atomic mass is 16.5. The number of carbonyl (C=O) groups excluding carboxylic acids is 1. The van der Waals surface area contributed by atoms with E-state index in [1.807, 2.05) is 47.2 Å². The van der Waals surface area contributed by atoms with Gasteiger partial charge in [-0.2, -0.15) is 4.98 Å². The molecule has 0 radical (unpaired) electrons. The first-order chi connectivity index (χ1) is 11.2. The van der Waals surface area contributed by atoms with Crippen molar-refractivity contribution in [1.29, 1.82) is 0 Å². The average molecular weight is 304 g/mol. The van der Waals surface area contributed by atoms with Crippen molar-refractivity contribution in [3.8, 4) is 17.1 Å². The third kappa shape index (κ3) is 2.30. The molecule has 0 aliphatic carbocycles. The van der Waals surface area contributed by atoms with Gasteiger partial charge in [0.15, 0.2) is 6.29 Å². The van der Waals surface area contributed by atoms with E-state index < -0.39 is 0 Å². The molecule has 0 saturated carbocycles. The summed E-state index contributed by atoms with van der Waals surface area (Å²) in [5, 5.41) is 4.86. The predicted octanol–water partition coefficient (Wildman–Crippen LogP) is 3.20. The van der Waals surface area contributed by atoms with Crippen LogP contribution in [0.15, 0.2) is 53.3 Å². The van der Waals surface area contributed by atoms with Gasteiger partial charge in [0.05, 0.1) is 0 Å². The Morgan fingerprint density at radius 2 is 2.13 bits per heavy atom. The number of carbonyl (C=O) groups is 1. The van der Waals surface area contributed by atoms with E-state index in [1.165, 1.54) is 0 Å². The highest BCUT2D eigenvalue weighted by Gasteiger charge is 2.09. The third-order valence-corrected chi connectivity index (χ3v) is 3.59. The lowest BCUT2D eigenvalue weighted by Crippen LogP contribution is -1.95. The van der Waals surface area contributed by atoms with Gasteiger partial charge < -0.3 is 9.09 Å². The number of pyridine rings is 1. The zero-order chi connectivity index (χ0) is 15.8. The molecule has 4 aromatic rings. The maximum absolute atomic E-state index is 10.9. The molecule has 1 aromatic carbocycles. The number of benzene rings is 1. The Balaban J connectivity index is 1.83. The normalized spacial score (nSPS) is 11.0. The highest BCUT2D eigenvalue weighted by molar-refractivity contribution is 5.85. The molecular weight excluding hydrogens is 292 g/mol. The SMILES string of the molecule is Cc1nc(-c2cccc(-n3ccc4cc(C=O)cnc43)c2)no1. The molecule has 0 atom stereocenters. The monoisotopic (exact) mass is 304 g/mol. The van der Waals surface area contributed by atoms with Gasteiger partial charge in [-0.05, 0) is 24.3 Å². The number of hydrogen-bond donors (Lipinski definition) is 0. The van der Waals surface area contributed by atoms with E-state index in [-0.39, 0.29) is 0 Å². The first-order valence-corrected chi connectivity index (χ1v) is 7.08. The van der Waals surface area contributed by atoms with Gasteiger partial charge in [0.1, 0.15) is 5.65 Å². The number of aldehydes is 1. The van der Waals surface area contributed by atoms with E-state index in [1.54, 1.807) is 13.1 Å². The lowest BCUT2D eigenvalue weighted by molar-refractivity contribution is 0.112. The molecule has 0 amide bonds. The topological polar surface area (TPSA) is 73.8 Å². The van der Waals surface area contributed by atoms with Crippen LogP contribution < -0.4 is 0 Å². The number of hydrogen-bond acceptors (Lipinski definition) is 5. The van der Waals surface area contributed by atoms with Crippen molar-refractivity contribution in [2.24, 2.45) is 0 Å². The Hall–Kier alpha value is -3.28. The van der Waals surface area contributed by atoms with E-state index in [9.17, 15) is 4.79 Å². The smallest absolute Gasteiger partial charge is 0.223 e. The van der Waals surface area contributed by atoms with Crippen LogP contribution in [0.3, 0.4) is 0 Å². The molecule has 0 N–H and O–H groups in total. The van der Waals surface area contributed by atoms with E-state index in [0.29, 0.717) is 17.3 Å². The summed E-state index contributed by atoms with van der Waals surface area (Å²) in [5.41, 5.74) is 3.15. The Labute approximate surface area is 131 Å². The van der Waals surface area contributed by atoms with E-state index in [4.69, 9.17) is 4.52 Å². The summed E-state index contributed by atoms with van der Waals surface area (Å²) in [6, 6.07) is 11.6. The number of fused-ring (bicyclic) bond motifs is 1. The largest absolute Gasteiger partial charge is 0.339 e. The predicted molar refractivity (Wildman–Crippen MR) is 84.5 cm³/mol. The van der Waals surface area contributed by atoms with Gasteiger partial charge in [0, 0.05) is 41.5 Å². The van der Waals surface area contributed by atoms with Gasteiger partial charge in [-0.3, -0.25) is 4.79 Å². The quantitative estimate of drug-likeness (QED) is 0.543. The van der Waals surface area contributed by atoms with Gasteiger partial charge in [-0.15, -0.1) is 0 Å². The molecule has 4 rings (SSSR count). The lowest BCUT2D eigenvalue weighted by atomic mass is 10.2. The van der Waals surface area contributed by atoms with Crippen molar-refractivity contribution >= 4 is 17.3 Å². The van der Waals surface area contributed by atoms with Crippen LogP contribution >= 0.6 is 0 Å². The van der Waals surface area contributed by atoms with E-state index in [2.05, 4.69) is 15.1 Å². The molecule has 0 aliphatic rings. The molecule has 112 valence electrons. The molecule has 0 spiro atoms. The van der Waals surface area contributed by atoms with Gasteiger partial charge in [0.25, 0.3) is 0 Å². The minimum atomic E-state index is 0.528. The van der Waals surface area contributed by atoms with Crippen molar-refractivity contribution in [1.82, 2.24) is 19.7 Å². The fraction of sp³-hybridized carbons (Fsp3) is 0.0588. The van der Waals surface area contributed by atoms with Gasteiger partial charge in [0.2, 0.25) is 11.7 Å². The molecule has 23 heavy (non-hydrogen) atoms. The molecule has 0 unspecified atom stereocenters. The fourth-order valence-electron chi connectivity index (χ4n) is 2.53. The van der Waals surface area contributed by atoms with Crippen molar-refractivity contribution in [2.45, 2.75) is 6.92 Å². The summed E-state index contributed by atoms with van der Waals surface area (Å²) in [4.78, 5) is 19.5. The zero-order valence-electron chi connectivity index (χ0n) is 12.3. The van der Waals surface area contributed by atoms with Crippen molar-refractivity contribution in [3.05, 3.63) is 60.2 Å². The molecule has 0 saturated heterocycles. The van der Waals surface area contributed by atoms with Gasteiger partial charge in [-0.1, -0.05) is 17.3 Å².